The fraction of sp³-hybridized carbons (Fsp3) is 0.300. The summed E-state index contributed by atoms with van der Waals surface area (Å²) in [5, 5.41) is 11.5. The van der Waals surface area contributed by atoms with Crippen LogP contribution in [0.2, 0.25) is 0 Å². The molecule has 0 radical (unpaired) electrons. The van der Waals surface area contributed by atoms with Gasteiger partial charge in [-0.05, 0) is 12.1 Å². The quantitative estimate of drug-likeness (QED) is 0.613. The van der Waals surface area contributed by atoms with E-state index in [0.29, 0.717) is 11.5 Å². The van der Waals surface area contributed by atoms with E-state index in [4.69, 9.17) is 5.11 Å². The highest BCUT2D eigenvalue weighted by molar-refractivity contribution is 9.09. The number of nitrogens with one attached hydrogen (secondary N) is 1. The zero-order valence-corrected chi connectivity index (χ0v) is 10.0. The van der Waals surface area contributed by atoms with Gasteiger partial charge >= 0.3 is 5.97 Å². The largest absolute Gasteiger partial charge is 0.481 e. The van der Waals surface area contributed by atoms with E-state index in [2.05, 4.69) is 26.2 Å². The summed E-state index contributed by atoms with van der Waals surface area (Å²) >= 11 is 3.06. The van der Waals surface area contributed by atoms with Crippen LogP contribution in [0, 0.1) is 0 Å². The van der Waals surface area contributed by atoms with Crippen LogP contribution in [0.25, 0.3) is 0 Å². The first kappa shape index (κ1) is 12.6. The molecule has 5 nitrogen and oxygen atoms in total. The molecular weight excluding hydrogens is 276 g/mol. The standard InChI is InChI=1S/C10H11BrN2O3/c11-6-8(14)7-2-1-3-9(13-7)12-5-4-10(15)16/h1-3H,4-6H2,(H,12,13)(H,15,16). The number of carbonyl (C=O) groups is 2. The molecule has 86 valence electrons. The second-order valence-corrected chi connectivity index (χ2v) is 3.60. The van der Waals surface area contributed by atoms with E-state index < -0.39 is 5.97 Å². The van der Waals surface area contributed by atoms with Crippen molar-refractivity contribution in [3.8, 4) is 0 Å². The normalized spacial score (nSPS) is 9.81. The molecule has 0 saturated heterocycles. The number of rotatable bonds is 6. The Balaban J connectivity index is 2.60. The molecule has 2 N–H and O–H groups in total. The lowest BCUT2D eigenvalue weighted by Crippen LogP contribution is -2.10. The van der Waals surface area contributed by atoms with Gasteiger partial charge in [-0.2, -0.15) is 0 Å². The van der Waals surface area contributed by atoms with Gasteiger partial charge in [0.1, 0.15) is 11.5 Å². The second-order valence-electron chi connectivity index (χ2n) is 3.04. The molecule has 1 aromatic rings. The molecular formula is C10H11BrN2O3. The summed E-state index contributed by atoms with van der Waals surface area (Å²) in [5.41, 5.74) is 0.359. The number of hydrogen-bond donors (Lipinski definition) is 2. The molecule has 6 heteroatoms. The highest BCUT2D eigenvalue weighted by Crippen LogP contribution is 2.06. The van der Waals surface area contributed by atoms with E-state index in [-0.39, 0.29) is 24.1 Å². The topological polar surface area (TPSA) is 79.3 Å². The molecule has 0 aromatic carbocycles. The van der Waals surface area contributed by atoms with Gasteiger partial charge in [-0.15, -0.1) is 0 Å². The summed E-state index contributed by atoms with van der Waals surface area (Å²) in [7, 11) is 0. The van der Waals surface area contributed by atoms with Gasteiger partial charge in [-0.3, -0.25) is 9.59 Å². The molecule has 0 aliphatic heterocycles. The molecule has 1 rings (SSSR count). The van der Waals surface area contributed by atoms with Crippen LogP contribution in [-0.2, 0) is 4.79 Å². The lowest BCUT2D eigenvalue weighted by molar-refractivity contribution is -0.136. The number of carboxylic acid groups (broad SMARTS) is 1. The van der Waals surface area contributed by atoms with Crippen LogP contribution in [0.15, 0.2) is 18.2 Å². The Morgan fingerprint density at radius 2 is 2.19 bits per heavy atom. The Kier molecular flexibility index (Phi) is 4.91. The number of anilines is 1. The van der Waals surface area contributed by atoms with Gasteiger partial charge in [-0.25, -0.2) is 4.98 Å². The van der Waals surface area contributed by atoms with Crippen LogP contribution in [0.5, 0.6) is 0 Å². The number of carbonyl (C=O) groups excluding carboxylic acids is 1. The van der Waals surface area contributed by atoms with Gasteiger partial charge in [0.05, 0.1) is 11.8 Å². The van der Waals surface area contributed by atoms with E-state index >= 15 is 0 Å². The number of ketones is 1. The van der Waals surface area contributed by atoms with Crippen molar-refractivity contribution < 1.29 is 14.7 Å². The van der Waals surface area contributed by atoms with Gasteiger partial charge in [-0.1, -0.05) is 22.0 Å². The predicted octanol–water partition coefficient (Wildman–Crippen LogP) is 1.55. The molecule has 0 unspecified atom stereocenters. The molecule has 0 fully saturated rings. The van der Waals surface area contributed by atoms with Crippen molar-refractivity contribution in [2.75, 3.05) is 17.2 Å². The molecule has 1 heterocycles. The average molecular weight is 287 g/mol. The third-order valence-corrected chi connectivity index (χ3v) is 2.31. The molecule has 16 heavy (non-hydrogen) atoms. The number of alkyl halides is 1. The number of aliphatic carboxylic acids is 1. The van der Waals surface area contributed by atoms with Crippen molar-refractivity contribution >= 4 is 33.5 Å². The van der Waals surface area contributed by atoms with Crippen LogP contribution >= 0.6 is 15.9 Å². The van der Waals surface area contributed by atoms with Crippen LogP contribution in [0.4, 0.5) is 5.82 Å². The van der Waals surface area contributed by atoms with E-state index in [1.165, 1.54) is 0 Å². The summed E-state index contributed by atoms with van der Waals surface area (Å²) < 4.78 is 0. The Hall–Kier alpha value is -1.43. The monoisotopic (exact) mass is 286 g/mol. The van der Waals surface area contributed by atoms with Crippen molar-refractivity contribution in [2.24, 2.45) is 0 Å². The second kappa shape index (κ2) is 6.22. The van der Waals surface area contributed by atoms with E-state index in [0.717, 1.165) is 0 Å². The smallest absolute Gasteiger partial charge is 0.305 e. The van der Waals surface area contributed by atoms with Crippen LogP contribution in [0.3, 0.4) is 0 Å². The maximum absolute atomic E-state index is 11.3. The highest BCUT2D eigenvalue weighted by atomic mass is 79.9. The van der Waals surface area contributed by atoms with Crippen molar-refractivity contribution in [1.29, 1.82) is 0 Å². The minimum atomic E-state index is -0.875. The first-order valence-corrected chi connectivity index (χ1v) is 5.77. The highest BCUT2D eigenvalue weighted by Gasteiger charge is 2.06. The number of pyridine rings is 1. The number of carboxylic acids is 1. The van der Waals surface area contributed by atoms with Gasteiger partial charge in [0.15, 0.2) is 5.78 Å². The van der Waals surface area contributed by atoms with E-state index in [1.807, 2.05) is 0 Å². The average Bonchev–Trinajstić information content (AvgIpc) is 2.28. The predicted molar refractivity (Wildman–Crippen MR) is 63.1 cm³/mol. The van der Waals surface area contributed by atoms with Crippen LogP contribution in [0.1, 0.15) is 16.9 Å². The maximum Gasteiger partial charge on any atom is 0.305 e. The van der Waals surface area contributed by atoms with Crippen molar-refractivity contribution in [3.05, 3.63) is 23.9 Å². The fourth-order valence-electron chi connectivity index (χ4n) is 1.05. The summed E-state index contributed by atoms with van der Waals surface area (Å²) in [6, 6.07) is 5.00. The zero-order chi connectivity index (χ0) is 12.0. The van der Waals surface area contributed by atoms with Gasteiger partial charge in [0.2, 0.25) is 0 Å². The van der Waals surface area contributed by atoms with E-state index in [9.17, 15) is 9.59 Å². The molecule has 0 aliphatic rings. The van der Waals surface area contributed by atoms with Crippen molar-refractivity contribution in [2.45, 2.75) is 6.42 Å². The van der Waals surface area contributed by atoms with Gasteiger partial charge in [0.25, 0.3) is 0 Å². The Morgan fingerprint density at radius 3 is 2.81 bits per heavy atom. The lowest BCUT2D eigenvalue weighted by Gasteiger charge is -2.04. The number of nitrogens with zero attached hydrogens (tertiary/aromatic N) is 1. The molecule has 1 aromatic heterocycles. The first-order valence-electron chi connectivity index (χ1n) is 4.65. The number of halogens is 1. The van der Waals surface area contributed by atoms with Crippen LogP contribution < -0.4 is 5.32 Å². The van der Waals surface area contributed by atoms with Crippen molar-refractivity contribution in [3.63, 3.8) is 0 Å². The number of aromatic nitrogens is 1. The van der Waals surface area contributed by atoms with Gasteiger partial charge < -0.3 is 10.4 Å². The van der Waals surface area contributed by atoms with Crippen molar-refractivity contribution in [1.82, 2.24) is 4.98 Å². The summed E-state index contributed by atoms with van der Waals surface area (Å²) in [6.45, 7) is 0.286. The molecule has 0 spiro atoms. The third kappa shape index (κ3) is 3.98. The Bertz CT molecular complexity index is 395. The zero-order valence-electron chi connectivity index (χ0n) is 8.44. The minimum absolute atomic E-state index is 0.0122. The number of Topliss-reactive ketones (excluding diaryl/α,β-unsaturated/α-hetero) is 1. The SMILES string of the molecule is O=C(O)CCNc1cccc(C(=O)CBr)n1. The minimum Gasteiger partial charge on any atom is -0.481 e. The van der Waals surface area contributed by atoms with E-state index in [1.54, 1.807) is 18.2 Å². The Labute approximate surface area is 101 Å². The van der Waals surface area contributed by atoms with Gasteiger partial charge in [0, 0.05) is 6.54 Å². The Morgan fingerprint density at radius 1 is 1.44 bits per heavy atom. The third-order valence-electron chi connectivity index (χ3n) is 1.80. The summed E-state index contributed by atoms with van der Waals surface area (Å²) in [5.74, 6) is -0.477. The first-order chi connectivity index (χ1) is 7.63. The fourth-order valence-corrected chi connectivity index (χ4v) is 1.34. The van der Waals surface area contributed by atoms with Crippen LogP contribution in [-0.4, -0.2) is 33.7 Å². The molecule has 0 amide bonds. The molecule has 0 aliphatic carbocycles. The molecule has 0 saturated carbocycles. The molecule has 0 bridgehead atoms. The summed E-state index contributed by atoms with van der Waals surface area (Å²) in [6.07, 6.45) is 0.0122. The number of hydrogen-bond acceptors (Lipinski definition) is 4. The molecule has 0 atom stereocenters. The summed E-state index contributed by atoms with van der Waals surface area (Å²) in [4.78, 5) is 25.7. The lowest BCUT2D eigenvalue weighted by atomic mass is 10.3. The maximum atomic E-state index is 11.3.